The van der Waals surface area contributed by atoms with Gasteiger partial charge in [-0.2, -0.15) is 0 Å². The number of para-hydroxylation sites is 1. The van der Waals surface area contributed by atoms with Gasteiger partial charge in [0, 0.05) is 0 Å². The van der Waals surface area contributed by atoms with Crippen LogP contribution in [0.15, 0.2) is 60.2 Å². The third-order valence-electron chi connectivity index (χ3n) is 3.19. The molecule has 0 saturated carbocycles. The van der Waals surface area contributed by atoms with Crippen molar-refractivity contribution in [2.45, 2.75) is 6.92 Å². The highest BCUT2D eigenvalue weighted by atomic mass is 16.7. The molecule has 4 nitrogen and oxygen atoms in total. The molecule has 1 aliphatic heterocycles. The van der Waals surface area contributed by atoms with E-state index in [0.717, 1.165) is 16.2 Å². The zero-order chi connectivity index (χ0) is 14.8. The largest absolute Gasteiger partial charge is 0.369 e. The van der Waals surface area contributed by atoms with Crippen molar-refractivity contribution in [3.05, 3.63) is 71.3 Å². The van der Waals surface area contributed by atoms with Crippen LogP contribution in [0.3, 0.4) is 0 Å². The van der Waals surface area contributed by atoms with Crippen LogP contribution in [0, 0.1) is 6.92 Å². The maximum Gasteiger partial charge on any atom is 0.369 e. The molecular formula is C17H13NO3. The SMILES string of the molecule is Cc1ccc(C=C2C(=O)ON(c3ccccc3)C2=O)cc1. The molecule has 1 amide bonds. The van der Waals surface area contributed by atoms with Crippen LogP contribution in [-0.2, 0) is 14.4 Å². The van der Waals surface area contributed by atoms with E-state index in [1.807, 2.05) is 37.3 Å². The van der Waals surface area contributed by atoms with Gasteiger partial charge in [0.1, 0.15) is 5.57 Å². The Bertz CT molecular complexity index is 717. The summed E-state index contributed by atoms with van der Waals surface area (Å²) in [5, 5.41) is 1.02. The molecule has 0 bridgehead atoms. The lowest BCUT2D eigenvalue weighted by Gasteiger charge is -2.11. The minimum atomic E-state index is -0.635. The predicted octanol–water partition coefficient (Wildman–Crippen LogP) is 2.88. The maximum atomic E-state index is 12.3. The summed E-state index contributed by atoms with van der Waals surface area (Å²) in [6, 6.07) is 16.4. The van der Waals surface area contributed by atoms with Gasteiger partial charge in [-0.05, 0) is 30.7 Å². The van der Waals surface area contributed by atoms with E-state index in [0.29, 0.717) is 5.69 Å². The molecule has 1 saturated heterocycles. The van der Waals surface area contributed by atoms with Crippen LogP contribution in [0.2, 0.25) is 0 Å². The Morgan fingerprint density at radius 2 is 1.62 bits per heavy atom. The summed E-state index contributed by atoms with van der Waals surface area (Å²) in [5.41, 5.74) is 2.46. The molecule has 4 heteroatoms. The molecule has 2 aromatic rings. The van der Waals surface area contributed by atoms with Crippen molar-refractivity contribution >= 4 is 23.6 Å². The Labute approximate surface area is 122 Å². The zero-order valence-corrected chi connectivity index (χ0v) is 11.4. The molecule has 1 heterocycles. The van der Waals surface area contributed by atoms with E-state index in [1.165, 1.54) is 0 Å². The van der Waals surface area contributed by atoms with Crippen molar-refractivity contribution in [2.75, 3.05) is 5.06 Å². The van der Waals surface area contributed by atoms with Crippen molar-refractivity contribution in [2.24, 2.45) is 0 Å². The highest BCUT2D eigenvalue weighted by Crippen LogP contribution is 2.25. The number of hydrogen-bond acceptors (Lipinski definition) is 3. The summed E-state index contributed by atoms with van der Waals surface area (Å²) >= 11 is 0. The lowest BCUT2D eigenvalue weighted by molar-refractivity contribution is -0.137. The first-order valence-corrected chi connectivity index (χ1v) is 6.55. The van der Waals surface area contributed by atoms with Crippen LogP contribution in [-0.4, -0.2) is 11.9 Å². The normalized spacial score (nSPS) is 16.4. The third-order valence-corrected chi connectivity index (χ3v) is 3.19. The molecule has 1 fully saturated rings. The average molecular weight is 279 g/mol. The standard InChI is InChI=1S/C17H13NO3/c1-12-7-9-13(10-8-12)11-15-16(19)18(21-17(15)20)14-5-3-2-4-6-14/h2-11H,1H3. The Balaban J connectivity index is 1.92. The van der Waals surface area contributed by atoms with Crippen LogP contribution < -0.4 is 5.06 Å². The van der Waals surface area contributed by atoms with Gasteiger partial charge in [0.2, 0.25) is 0 Å². The molecule has 0 radical (unpaired) electrons. The van der Waals surface area contributed by atoms with E-state index < -0.39 is 11.9 Å². The van der Waals surface area contributed by atoms with Gasteiger partial charge in [-0.1, -0.05) is 48.0 Å². The summed E-state index contributed by atoms with van der Waals surface area (Å²) < 4.78 is 0. The fourth-order valence-corrected chi connectivity index (χ4v) is 2.05. The summed E-state index contributed by atoms with van der Waals surface area (Å²) in [6.07, 6.45) is 1.55. The fourth-order valence-electron chi connectivity index (χ4n) is 2.05. The minimum Gasteiger partial charge on any atom is -0.327 e. The second kappa shape index (κ2) is 5.25. The number of anilines is 1. The zero-order valence-electron chi connectivity index (χ0n) is 11.4. The Morgan fingerprint density at radius 1 is 0.952 bits per heavy atom. The average Bonchev–Trinajstić information content (AvgIpc) is 2.78. The molecule has 0 N–H and O–H groups in total. The summed E-state index contributed by atoms with van der Waals surface area (Å²) in [6.45, 7) is 1.98. The van der Waals surface area contributed by atoms with Gasteiger partial charge < -0.3 is 4.84 Å². The van der Waals surface area contributed by atoms with Crippen molar-refractivity contribution < 1.29 is 14.4 Å². The number of benzene rings is 2. The first kappa shape index (κ1) is 13.1. The van der Waals surface area contributed by atoms with E-state index >= 15 is 0 Å². The minimum absolute atomic E-state index is 0.0303. The van der Waals surface area contributed by atoms with Gasteiger partial charge in [-0.15, -0.1) is 5.06 Å². The Hall–Kier alpha value is -2.88. The first-order chi connectivity index (χ1) is 10.1. The Morgan fingerprint density at radius 3 is 2.29 bits per heavy atom. The van der Waals surface area contributed by atoms with Crippen LogP contribution in [0.25, 0.3) is 6.08 Å². The number of amides is 1. The quantitative estimate of drug-likeness (QED) is 0.627. The van der Waals surface area contributed by atoms with Crippen LogP contribution in [0.5, 0.6) is 0 Å². The molecule has 0 aliphatic carbocycles. The number of hydroxylamine groups is 1. The van der Waals surface area contributed by atoms with Crippen molar-refractivity contribution in [3.63, 3.8) is 0 Å². The van der Waals surface area contributed by atoms with Gasteiger partial charge in [0.05, 0.1) is 5.69 Å². The maximum absolute atomic E-state index is 12.3. The number of hydrogen-bond donors (Lipinski definition) is 0. The van der Waals surface area contributed by atoms with Crippen LogP contribution in [0.1, 0.15) is 11.1 Å². The number of aryl methyl sites for hydroxylation is 1. The molecule has 0 spiro atoms. The van der Waals surface area contributed by atoms with Gasteiger partial charge >= 0.3 is 5.97 Å². The number of carbonyl (C=O) groups excluding carboxylic acids is 2. The van der Waals surface area contributed by atoms with Gasteiger partial charge in [-0.25, -0.2) is 4.79 Å². The highest BCUT2D eigenvalue weighted by Gasteiger charge is 2.37. The third kappa shape index (κ3) is 2.56. The summed E-state index contributed by atoms with van der Waals surface area (Å²) in [4.78, 5) is 29.2. The molecule has 0 unspecified atom stereocenters. The topological polar surface area (TPSA) is 46.6 Å². The van der Waals surface area contributed by atoms with Crippen molar-refractivity contribution in [3.8, 4) is 0 Å². The molecular weight excluding hydrogens is 266 g/mol. The second-order valence-corrected chi connectivity index (χ2v) is 4.78. The fraction of sp³-hybridized carbons (Fsp3) is 0.0588. The summed E-state index contributed by atoms with van der Waals surface area (Å²) in [7, 11) is 0. The van der Waals surface area contributed by atoms with Gasteiger partial charge in [-0.3, -0.25) is 4.79 Å². The second-order valence-electron chi connectivity index (χ2n) is 4.78. The number of rotatable bonds is 2. The molecule has 0 atom stereocenters. The van der Waals surface area contributed by atoms with Crippen LogP contribution in [0.4, 0.5) is 5.69 Å². The van der Waals surface area contributed by atoms with Gasteiger partial charge in [0.25, 0.3) is 5.91 Å². The molecule has 104 valence electrons. The van der Waals surface area contributed by atoms with E-state index in [9.17, 15) is 9.59 Å². The van der Waals surface area contributed by atoms with E-state index in [1.54, 1.807) is 30.3 Å². The van der Waals surface area contributed by atoms with Crippen molar-refractivity contribution in [1.29, 1.82) is 0 Å². The Kier molecular flexibility index (Phi) is 3.28. The van der Waals surface area contributed by atoms with Crippen LogP contribution >= 0.6 is 0 Å². The summed E-state index contributed by atoms with van der Waals surface area (Å²) in [5.74, 6) is -1.09. The molecule has 21 heavy (non-hydrogen) atoms. The predicted molar refractivity (Wildman–Crippen MR) is 79.2 cm³/mol. The molecule has 2 aromatic carbocycles. The molecule has 0 aromatic heterocycles. The van der Waals surface area contributed by atoms with E-state index in [-0.39, 0.29) is 5.57 Å². The van der Waals surface area contributed by atoms with E-state index in [2.05, 4.69) is 0 Å². The highest BCUT2D eigenvalue weighted by molar-refractivity contribution is 6.28. The molecule has 3 rings (SSSR count). The lowest BCUT2D eigenvalue weighted by Crippen LogP contribution is -2.22. The lowest BCUT2D eigenvalue weighted by atomic mass is 10.1. The molecule has 1 aliphatic rings. The van der Waals surface area contributed by atoms with Crippen molar-refractivity contribution in [1.82, 2.24) is 0 Å². The van der Waals surface area contributed by atoms with E-state index in [4.69, 9.17) is 4.84 Å². The smallest absolute Gasteiger partial charge is 0.327 e. The number of carbonyl (C=O) groups is 2. The monoisotopic (exact) mass is 279 g/mol. The van der Waals surface area contributed by atoms with Gasteiger partial charge in [0.15, 0.2) is 0 Å². The number of nitrogens with zero attached hydrogens (tertiary/aromatic N) is 1. The first-order valence-electron chi connectivity index (χ1n) is 6.55.